The summed E-state index contributed by atoms with van der Waals surface area (Å²) in [6, 6.07) is 19.7. The second-order valence-electron chi connectivity index (χ2n) is 11.2. The highest BCUT2D eigenvalue weighted by atomic mass is 35.5. The third kappa shape index (κ3) is 6.24. The predicted octanol–water partition coefficient (Wildman–Crippen LogP) is 7.21. The van der Waals surface area contributed by atoms with Gasteiger partial charge in [-0.15, -0.1) is 11.6 Å². The van der Waals surface area contributed by atoms with Gasteiger partial charge in [-0.3, -0.25) is 4.90 Å². The standard InChI is InChI=1S/C33H36ClN3O3/c1-33(2)19-28(23-7-5-4-6-8-23)25(18-30(33)34)21-37-15-13-22(14-16-37)24-9-11-27(32(38)39-3)29(17-24)40-26-10-12-31(35)36-20-26/h4-13,17,20,30H,14-16,18-19,21H2,1-3H3,(H2,35,36). The number of nitrogen functional groups attached to an aromatic ring is 1. The first-order chi connectivity index (χ1) is 19.2. The van der Waals surface area contributed by atoms with E-state index in [0.717, 1.165) is 44.5 Å². The summed E-state index contributed by atoms with van der Waals surface area (Å²) in [5, 5.41) is 0.119. The highest BCUT2D eigenvalue weighted by molar-refractivity contribution is 6.21. The Kier molecular flexibility index (Phi) is 8.29. The van der Waals surface area contributed by atoms with E-state index < -0.39 is 5.97 Å². The van der Waals surface area contributed by atoms with Crippen LogP contribution in [-0.2, 0) is 4.74 Å². The molecule has 2 heterocycles. The number of ether oxygens (including phenoxy) is 2. The predicted molar refractivity (Wildman–Crippen MR) is 162 cm³/mol. The molecule has 2 N–H and O–H groups in total. The van der Waals surface area contributed by atoms with Crippen molar-refractivity contribution in [2.24, 2.45) is 5.41 Å². The van der Waals surface area contributed by atoms with Crippen molar-refractivity contribution in [3.8, 4) is 11.5 Å². The average Bonchev–Trinajstić information content (AvgIpc) is 2.96. The first kappa shape index (κ1) is 27.9. The SMILES string of the molecule is COC(=O)c1ccc(C2=CCN(CC3=C(c4ccccc4)CC(C)(C)C(Cl)C3)CC2)cc1Oc1ccc(N)nc1. The molecule has 7 heteroatoms. The number of esters is 1. The topological polar surface area (TPSA) is 77.7 Å². The molecule has 2 aliphatic rings. The number of nitrogens with zero attached hydrogens (tertiary/aromatic N) is 2. The Hall–Kier alpha value is -3.61. The fourth-order valence-corrected chi connectivity index (χ4v) is 5.73. The van der Waals surface area contributed by atoms with E-state index in [2.05, 4.69) is 60.1 Å². The first-order valence-corrected chi connectivity index (χ1v) is 14.1. The molecule has 1 atom stereocenters. The van der Waals surface area contributed by atoms with Crippen LogP contribution < -0.4 is 10.5 Å². The summed E-state index contributed by atoms with van der Waals surface area (Å²) in [6.45, 7) is 7.23. The summed E-state index contributed by atoms with van der Waals surface area (Å²) in [4.78, 5) is 19.0. The zero-order valence-corrected chi connectivity index (χ0v) is 24.1. The lowest BCUT2D eigenvalue weighted by atomic mass is 9.72. The Morgan fingerprint density at radius 3 is 2.60 bits per heavy atom. The van der Waals surface area contributed by atoms with Crippen molar-refractivity contribution < 1.29 is 14.3 Å². The maximum absolute atomic E-state index is 12.4. The third-order valence-corrected chi connectivity index (χ3v) is 8.65. The highest BCUT2D eigenvalue weighted by Crippen LogP contribution is 2.46. The second kappa shape index (κ2) is 11.9. The maximum atomic E-state index is 12.4. The first-order valence-electron chi connectivity index (χ1n) is 13.7. The lowest BCUT2D eigenvalue weighted by Crippen LogP contribution is -2.35. The number of rotatable bonds is 7. The third-order valence-electron chi connectivity index (χ3n) is 7.91. The molecule has 3 aromatic rings. The molecular weight excluding hydrogens is 522 g/mol. The maximum Gasteiger partial charge on any atom is 0.341 e. The molecule has 1 unspecified atom stereocenters. The molecule has 0 fully saturated rings. The van der Waals surface area contributed by atoms with Crippen molar-refractivity contribution in [3.63, 3.8) is 0 Å². The zero-order valence-electron chi connectivity index (χ0n) is 23.3. The van der Waals surface area contributed by atoms with Crippen LogP contribution >= 0.6 is 11.6 Å². The Morgan fingerprint density at radius 1 is 1.12 bits per heavy atom. The van der Waals surface area contributed by atoms with Crippen molar-refractivity contribution in [2.75, 3.05) is 32.5 Å². The van der Waals surface area contributed by atoms with Crippen molar-refractivity contribution in [2.45, 2.75) is 38.5 Å². The minimum Gasteiger partial charge on any atom is -0.465 e. The van der Waals surface area contributed by atoms with Gasteiger partial charge in [-0.05, 0) is 71.2 Å². The van der Waals surface area contributed by atoms with Gasteiger partial charge in [0.1, 0.15) is 22.9 Å². The molecule has 1 aromatic heterocycles. The number of hydrogen-bond acceptors (Lipinski definition) is 6. The largest absolute Gasteiger partial charge is 0.465 e. The smallest absolute Gasteiger partial charge is 0.341 e. The normalized spacial score (nSPS) is 19.2. The highest BCUT2D eigenvalue weighted by Gasteiger charge is 2.36. The number of benzene rings is 2. The van der Waals surface area contributed by atoms with E-state index in [1.165, 1.54) is 35.6 Å². The minimum atomic E-state index is -0.454. The van der Waals surface area contributed by atoms with Crippen molar-refractivity contribution >= 4 is 34.5 Å². The van der Waals surface area contributed by atoms with Gasteiger partial charge in [0.15, 0.2) is 0 Å². The minimum absolute atomic E-state index is 0.0593. The van der Waals surface area contributed by atoms with Crippen LogP contribution in [0.4, 0.5) is 5.82 Å². The molecule has 1 aliphatic heterocycles. The number of methoxy groups -OCH3 is 1. The van der Waals surface area contributed by atoms with Gasteiger partial charge >= 0.3 is 5.97 Å². The van der Waals surface area contributed by atoms with Crippen LogP contribution in [-0.4, -0.2) is 48.0 Å². The molecule has 0 bridgehead atoms. The number of anilines is 1. The molecule has 208 valence electrons. The molecular formula is C33H36ClN3O3. The van der Waals surface area contributed by atoms with Gasteiger partial charge in [-0.2, -0.15) is 0 Å². The zero-order chi connectivity index (χ0) is 28.3. The van der Waals surface area contributed by atoms with E-state index in [0.29, 0.717) is 22.9 Å². The Bertz CT molecular complexity index is 1430. The van der Waals surface area contributed by atoms with Gasteiger partial charge in [0.05, 0.1) is 13.3 Å². The van der Waals surface area contributed by atoms with Crippen molar-refractivity contribution in [1.29, 1.82) is 0 Å². The number of halogens is 1. The summed E-state index contributed by atoms with van der Waals surface area (Å²) >= 11 is 6.88. The molecule has 5 rings (SSSR count). The lowest BCUT2D eigenvalue weighted by Gasteiger charge is -2.39. The van der Waals surface area contributed by atoms with Crippen LogP contribution in [0.5, 0.6) is 11.5 Å². The van der Waals surface area contributed by atoms with Crippen LogP contribution in [0.25, 0.3) is 11.1 Å². The monoisotopic (exact) mass is 557 g/mol. The summed E-state index contributed by atoms with van der Waals surface area (Å²) in [5.41, 5.74) is 12.6. The van der Waals surface area contributed by atoms with Gasteiger partial charge in [-0.25, -0.2) is 9.78 Å². The average molecular weight is 558 g/mol. The van der Waals surface area contributed by atoms with Gasteiger partial charge in [0.2, 0.25) is 0 Å². The molecule has 6 nitrogen and oxygen atoms in total. The summed E-state index contributed by atoms with van der Waals surface area (Å²) in [5.74, 6) is 0.867. The van der Waals surface area contributed by atoms with Gasteiger partial charge in [-0.1, -0.05) is 61.9 Å². The number of allylic oxidation sites excluding steroid dienone is 1. The fourth-order valence-electron chi connectivity index (χ4n) is 5.46. The van der Waals surface area contributed by atoms with E-state index in [1.54, 1.807) is 18.2 Å². The molecule has 0 spiro atoms. The number of hydrogen-bond donors (Lipinski definition) is 1. The van der Waals surface area contributed by atoms with E-state index in [9.17, 15) is 4.79 Å². The van der Waals surface area contributed by atoms with Crippen LogP contribution in [0.15, 0.2) is 78.5 Å². The van der Waals surface area contributed by atoms with Crippen LogP contribution in [0.1, 0.15) is 54.6 Å². The van der Waals surface area contributed by atoms with Crippen LogP contribution in [0.3, 0.4) is 0 Å². The molecule has 0 saturated heterocycles. The quantitative estimate of drug-likeness (QED) is 0.244. The second-order valence-corrected chi connectivity index (χ2v) is 11.7. The number of carbonyl (C=O) groups excluding carboxylic acids is 1. The van der Waals surface area contributed by atoms with E-state index in [-0.39, 0.29) is 10.8 Å². The van der Waals surface area contributed by atoms with Crippen molar-refractivity contribution in [1.82, 2.24) is 9.88 Å². The van der Waals surface area contributed by atoms with E-state index in [4.69, 9.17) is 26.8 Å². The van der Waals surface area contributed by atoms with Gasteiger partial charge in [0, 0.05) is 25.0 Å². The number of alkyl halides is 1. The summed E-state index contributed by atoms with van der Waals surface area (Å²) in [6.07, 6.45) is 6.59. The van der Waals surface area contributed by atoms with E-state index >= 15 is 0 Å². The molecule has 40 heavy (non-hydrogen) atoms. The number of pyridine rings is 1. The molecule has 2 aromatic carbocycles. The molecule has 0 amide bonds. The number of nitrogens with two attached hydrogens (primary N) is 1. The lowest BCUT2D eigenvalue weighted by molar-refractivity contribution is 0.0598. The Morgan fingerprint density at radius 2 is 1.93 bits per heavy atom. The summed E-state index contributed by atoms with van der Waals surface area (Å²) < 4.78 is 11.0. The molecule has 0 saturated carbocycles. The summed E-state index contributed by atoms with van der Waals surface area (Å²) in [7, 11) is 1.36. The Balaban J connectivity index is 1.36. The molecule has 1 aliphatic carbocycles. The number of carbonyl (C=O) groups is 1. The Labute approximate surface area is 241 Å². The van der Waals surface area contributed by atoms with Gasteiger partial charge in [0.25, 0.3) is 0 Å². The van der Waals surface area contributed by atoms with Crippen molar-refractivity contribution in [3.05, 3.63) is 95.2 Å². The fraction of sp³-hybridized carbons (Fsp3) is 0.333. The van der Waals surface area contributed by atoms with Crippen LogP contribution in [0.2, 0.25) is 0 Å². The molecule has 0 radical (unpaired) electrons. The van der Waals surface area contributed by atoms with E-state index in [1.807, 2.05) is 12.1 Å². The number of aromatic nitrogens is 1. The van der Waals surface area contributed by atoms with Gasteiger partial charge < -0.3 is 15.2 Å². The van der Waals surface area contributed by atoms with Crippen LogP contribution in [0, 0.1) is 5.41 Å².